The number of rotatable bonds is 6. The molecule has 0 unspecified atom stereocenters. The number of amides is 1. The summed E-state index contributed by atoms with van der Waals surface area (Å²) in [5, 5.41) is -0.405. The summed E-state index contributed by atoms with van der Waals surface area (Å²) in [6.07, 6.45) is 5.23. The Morgan fingerprint density at radius 2 is 1.57 bits per heavy atom. The molecule has 1 amide bonds. The molecular weight excluding hydrogens is 460 g/mol. The molecule has 190 valence electrons. The highest BCUT2D eigenvalue weighted by Crippen LogP contribution is 2.28. The highest BCUT2D eigenvalue weighted by Gasteiger charge is 2.30. The lowest BCUT2D eigenvalue weighted by molar-refractivity contribution is 0.0553. The van der Waals surface area contributed by atoms with Crippen molar-refractivity contribution < 1.29 is 13.2 Å². The normalized spacial score (nSPS) is 18.8. The fourth-order valence-electron chi connectivity index (χ4n) is 5.32. The van der Waals surface area contributed by atoms with Crippen LogP contribution in [-0.4, -0.2) is 61.6 Å². The smallest absolute Gasteiger partial charge is 0.256 e. The second kappa shape index (κ2) is 10.6. The molecule has 0 aromatic heterocycles. The number of para-hydroxylation sites is 1. The fourth-order valence-corrected chi connectivity index (χ4v) is 6.38. The third-order valence-electron chi connectivity index (χ3n) is 7.68. The van der Waals surface area contributed by atoms with Crippen molar-refractivity contribution in [2.75, 3.05) is 37.6 Å². The zero-order valence-electron chi connectivity index (χ0n) is 20.8. The van der Waals surface area contributed by atoms with Crippen molar-refractivity contribution in [1.29, 1.82) is 0 Å². The fraction of sp³-hybridized carbons (Fsp3) is 0.519. The maximum absolute atomic E-state index is 12.9. The topological polar surface area (TPSA) is 110 Å². The number of anilines is 2. The second-order valence-corrected chi connectivity index (χ2v) is 12.8. The van der Waals surface area contributed by atoms with Crippen molar-refractivity contribution in [1.82, 2.24) is 9.80 Å². The molecule has 0 atom stereocenters. The molecule has 2 aliphatic heterocycles. The summed E-state index contributed by atoms with van der Waals surface area (Å²) >= 11 is 0. The summed E-state index contributed by atoms with van der Waals surface area (Å²) in [4.78, 5) is 17.8. The van der Waals surface area contributed by atoms with Crippen molar-refractivity contribution in [2.24, 2.45) is 5.92 Å². The molecule has 4 N–H and O–H groups in total. The predicted molar refractivity (Wildman–Crippen MR) is 141 cm³/mol. The van der Waals surface area contributed by atoms with Crippen molar-refractivity contribution in [2.45, 2.75) is 62.1 Å². The van der Waals surface area contributed by atoms with Gasteiger partial charge >= 0.3 is 0 Å². The first-order valence-electron chi connectivity index (χ1n) is 12.7. The van der Waals surface area contributed by atoms with Crippen LogP contribution in [0, 0.1) is 5.92 Å². The second-order valence-electron chi connectivity index (χ2n) is 10.3. The van der Waals surface area contributed by atoms with Crippen LogP contribution in [0.1, 0.15) is 55.5 Å². The third-order valence-corrected chi connectivity index (χ3v) is 9.85. The Balaban J connectivity index is 1.25. The number of carbonyl (C=O) groups excluding carboxylic acids is 1. The lowest BCUT2D eigenvalue weighted by Crippen LogP contribution is -2.49. The van der Waals surface area contributed by atoms with Gasteiger partial charge in [0, 0.05) is 19.1 Å². The summed E-state index contributed by atoms with van der Waals surface area (Å²) in [6, 6.07) is 13.2. The SMILES string of the molecule is CC(C)S(=O)(=O)c1ccc(CC2CCN(C3CCN(C(=O)c4cccc(N)c4N)CC3)CC2)cc1. The van der Waals surface area contributed by atoms with E-state index in [0.29, 0.717) is 33.8 Å². The number of hydrogen-bond donors (Lipinski definition) is 2. The lowest BCUT2D eigenvalue weighted by atomic mass is 9.88. The molecule has 2 saturated heterocycles. The minimum Gasteiger partial charge on any atom is -0.397 e. The largest absolute Gasteiger partial charge is 0.397 e. The number of likely N-dealkylation sites (tertiary alicyclic amines) is 2. The Hall–Kier alpha value is -2.58. The first-order chi connectivity index (χ1) is 16.7. The number of sulfone groups is 1. The Kier molecular flexibility index (Phi) is 7.71. The van der Waals surface area contributed by atoms with E-state index >= 15 is 0 Å². The molecule has 2 aromatic rings. The van der Waals surface area contributed by atoms with Crippen LogP contribution in [0.5, 0.6) is 0 Å². The van der Waals surface area contributed by atoms with Gasteiger partial charge in [0.15, 0.2) is 9.84 Å². The van der Waals surface area contributed by atoms with E-state index in [2.05, 4.69) is 4.90 Å². The van der Waals surface area contributed by atoms with Crippen LogP contribution >= 0.6 is 0 Å². The van der Waals surface area contributed by atoms with Gasteiger partial charge in [-0.3, -0.25) is 4.79 Å². The van der Waals surface area contributed by atoms with Crippen LogP contribution < -0.4 is 11.5 Å². The Morgan fingerprint density at radius 3 is 2.17 bits per heavy atom. The average Bonchev–Trinajstić information content (AvgIpc) is 2.86. The van der Waals surface area contributed by atoms with Crippen LogP contribution in [0.3, 0.4) is 0 Å². The zero-order valence-corrected chi connectivity index (χ0v) is 21.6. The molecule has 0 spiro atoms. The van der Waals surface area contributed by atoms with Gasteiger partial charge < -0.3 is 21.3 Å². The molecular formula is C27H38N4O3S. The Labute approximate surface area is 209 Å². The summed E-state index contributed by atoms with van der Waals surface area (Å²) < 4.78 is 24.7. The number of hydrogen-bond acceptors (Lipinski definition) is 6. The molecule has 0 bridgehead atoms. The Morgan fingerprint density at radius 1 is 0.943 bits per heavy atom. The number of nitrogen functional groups attached to an aromatic ring is 2. The molecule has 0 radical (unpaired) electrons. The van der Waals surface area contributed by atoms with Gasteiger partial charge in [0.1, 0.15) is 0 Å². The van der Waals surface area contributed by atoms with Crippen LogP contribution in [0.15, 0.2) is 47.4 Å². The van der Waals surface area contributed by atoms with Gasteiger partial charge in [0.05, 0.1) is 27.1 Å². The number of nitrogens with zero attached hydrogens (tertiary/aromatic N) is 2. The molecule has 2 aromatic carbocycles. The highest BCUT2D eigenvalue weighted by molar-refractivity contribution is 7.92. The summed E-state index contributed by atoms with van der Waals surface area (Å²) in [5.41, 5.74) is 14.4. The van der Waals surface area contributed by atoms with Crippen molar-refractivity contribution in [3.05, 3.63) is 53.6 Å². The maximum atomic E-state index is 12.9. The van der Waals surface area contributed by atoms with Crippen molar-refractivity contribution in [3.63, 3.8) is 0 Å². The molecule has 0 aliphatic carbocycles. The number of piperidine rings is 2. The van der Waals surface area contributed by atoms with Crippen LogP contribution in [-0.2, 0) is 16.3 Å². The van der Waals surface area contributed by atoms with E-state index in [-0.39, 0.29) is 5.91 Å². The van der Waals surface area contributed by atoms with Crippen molar-refractivity contribution >= 4 is 27.1 Å². The van der Waals surface area contributed by atoms with E-state index in [1.54, 1.807) is 44.2 Å². The molecule has 7 nitrogen and oxygen atoms in total. The van der Waals surface area contributed by atoms with Gasteiger partial charge in [0.25, 0.3) is 5.91 Å². The summed E-state index contributed by atoms with van der Waals surface area (Å²) in [5.74, 6) is 0.589. The maximum Gasteiger partial charge on any atom is 0.256 e. The molecule has 2 aliphatic rings. The van der Waals surface area contributed by atoms with Crippen LogP contribution in [0.4, 0.5) is 11.4 Å². The van der Waals surface area contributed by atoms with E-state index in [0.717, 1.165) is 58.3 Å². The molecule has 0 saturated carbocycles. The van der Waals surface area contributed by atoms with E-state index < -0.39 is 15.1 Å². The summed E-state index contributed by atoms with van der Waals surface area (Å²) in [6.45, 7) is 7.06. The molecule has 35 heavy (non-hydrogen) atoms. The van der Waals surface area contributed by atoms with Gasteiger partial charge in [0.2, 0.25) is 0 Å². The standard InChI is InChI=1S/C27H38N4O3S/c1-19(2)35(33,34)23-8-6-20(7-9-23)18-21-10-14-30(15-11-21)22-12-16-31(17-13-22)27(32)24-4-3-5-25(28)26(24)29/h3-9,19,21-22H,10-18,28-29H2,1-2H3. The minimum absolute atomic E-state index is 0.0285. The molecule has 4 rings (SSSR count). The van der Waals surface area contributed by atoms with E-state index in [4.69, 9.17) is 11.5 Å². The number of benzene rings is 2. The number of nitrogens with two attached hydrogens (primary N) is 2. The monoisotopic (exact) mass is 498 g/mol. The van der Waals surface area contributed by atoms with Gasteiger partial charge in [-0.25, -0.2) is 8.42 Å². The average molecular weight is 499 g/mol. The van der Waals surface area contributed by atoms with Crippen LogP contribution in [0.25, 0.3) is 0 Å². The summed E-state index contributed by atoms with van der Waals surface area (Å²) in [7, 11) is -3.22. The first-order valence-corrected chi connectivity index (χ1v) is 14.2. The molecule has 2 heterocycles. The lowest BCUT2D eigenvalue weighted by Gasteiger charge is -2.42. The first kappa shape index (κ1) is 25.5. The van der Waals surface area contributed by atoms with Gasteiger partial charge in [-0.05, 0) is 94.8 Å². The van der Waals surface area contributed by atoms with E-state index in [1.165, 1.54) is 5.56 Å². The van der Waals surface area contributed by atoms with E-state index in [9.17, 15) is 13.2 Å². The van der Waals surface area contributed by atoms with Gasteiger partial charge in [-0.2, -0.15) is 0 Å². The Bertz CT molecular complexity index is 1130. The molecule has 8 heteroatoms. The molecule has 2 fully saturated rings. The minimum atomic E-state index is -3.22. The third kappa shape index (κ3) is 5.64. The highest BCUT2D eigenvalue weighted by atomic mass is 32.2. The van der Waals surface area contributed by atoms with Crippen LogP contribution in [0.2, 0.25) is 0 Å². The van der Waals surface area contributed by atoms with Gasteiger partial charge in [-0.1, -0.05) is 18.2 Å². The quantitative estimate of drug-likeness (QED) is 0.589. The predicted octanol–water partition coefficient (Wildman–Crippen LogP) is 3.59. The van der Waals surface area contributed by atoms with E-state index in [1.807, 2.05) is 17.0 Å². The number of carbonyl (C=O) groups is 1. The van der Waals surface area contributed by atoms with Crippen molar-refractivity contribution in [3.8, 4) is 0 Å². The zero-order chi connectivity index (χ0) is 25.2. The van der Waals surface area contributed by atoms with Gasteiger partial charge in [-0.15, -0.1) is 0 Å².